The number of unbranched alkanes of at least 4 members (excludes halogenated alkanes) is 40. The van der Waals surface area contributed by atoms with Gasteiger partial charge in [-0.1, -0.05) is 281 Å². The van der Waals surface area contributed by atoms with Crippen LogP contribution in [-0.4, -0.2) is 193 Å². The number of carbonyl (C=O) groups excluding carboxylic acids is 1. The molecule has 17 unspecified atom stereocenters. The molecule has 3 heterocycles. The first-order valence-corrected chi connectivity index (χ1v) is 39.4. The number of carbonyl (C=O) groups is 1. The van der Waals surface area contributed by atoms with Crippen LogP contribution < -0.4 is 5.32 Å². The van der Waals surface area contributed by atoms with E-state index in [4.69, 9.17) is 28.4 Å². The van der Waals surface area contributed by atoms with E-state index in [2.05, 4.69) is 55.6 Å². The number of aliphatic hydroxyl groups excluding tert-OH is 11. The van der Waals surface area contributed by atoms with Crippen molar-refractivity contribution >= 4 is 5.91 Å². The summed E-state index contributed by atoms with van der Waals surface area (Å²) in [7, 11) is 0. The molecule has 3 saturated heterocycles. The molecule has 0 aromatic heterocycles. The van der Waals surface area contributed by atoms with Gasteiger partial charge in [-0.3, -0.25) is 4.79 Å². The number of hydrogen-bond donors (Lipinski definition) is 12. The predicted octanol–water partition coefficient (Wildman–Crippen LogP) is 12.5. The van der Waals surface area contributed by atoms with Gasteiger partial charge in [0.25, 0.3) is 0 Å². The van der Waals surface area contributed by atoms with E-state index in [1.807, 2.05) is 6.08 Å². The van der Waals surface area contributed by atoms with Crippen LogP contribution >= 0.6 is 0 Å². The molecule has 0 bridgehead atoms. The van der Waals surface area contributed by atoms with Gasteiger partial charge in [0.2, 0.25) is 5.91 Å². The van der Waals surface area contributed by atoms with Gasteiger partial charge in [0, 0.05) is 6.42 Å². The number of amides is 1. The third-order valence-electron chi connectivity index (χ3n) is 19.6. The maximum atomic E-state index is 13.4. The fourth-order valence-corrected chi connectivity index (χ4v) is 13.2. The van der Waals surface area contributed by atoms with Crippen molar-refractivity contribution in [2.75, 3.05) is 26.4 Å². The summed E-state index contributed by atoms with van der Waals surface area (Å²) in [5.74, 6) is -0.286. The summed E-state index contributed by atoms with van der Waals surface area (Å²) in [5, 5.41) is 120. The Morgan fingerprint density at radius 3 is 1.05 bits per heavy atom. The average molecular weight is 1380 g/mol. The molecule has 3 aliphatic rings. The molecule has 3 aliphatic heterocycles. The van der Waals surface area contributed by atoms with Gasteiger partial charge in [0.15, 0.2) is 18.9 Å². The Kier molecular flexibility index (Phi) is 54.3. The molecule has 17 atom stereocenters. The van der Waals surface area contributed by atoms with Gasteiger partial charge < -0.3 is 89.9 Å². The van der Waals surface area contributed by atoms with E-state index in [9.17, 15) is 61.0 Å². The number of allylic oxidation sites excluding steroid dienone is 7. The molecular formula is C78H143NO18. The van der Waals surface area contributed by atoms with Crippen LogP contribution in [0.2, 0.25) is 0 Å². The van der Waals surface area contributed by atoms with Crippen molar-refractivity contribution in [2.45, 2.75) is 413 Å². The summed E-state index contributed by atoms with van der Waals surface area (Å²) >= 11 is 0. The number of rotatable bonds is 62. The van der Waals surface area contributed by atoms with E-state index < -0.39 is 124 Å². The minimum absolute atomic E-state index is 0.235. The van der Waals surface area contributed by atoms with Gasteiger partial charge in [-0.15, -0.1) is 0 Å². The van der Waals surface area contributed by atoms with Gasteiger partial charge in [0.05, 0.1) is 38.6 Å². The molecular weight excluding hydrogens is 1240 g/mol. The first-order chi connectivity index (χ1) is 47.3. The summed E-state index contributed by atoms with van der Waals surface area (Å²) < 4.78 is 34.3. The van der Waals surface area contributed by atoms with Crippen molar-refractivity contribution in [3.8, 4) is 0 Å². The molecule has 0 aromatic rings. The number of nitrogens with one attached hydrogen (secondary N) is 1. The minimum atomic E-state index is -1.98. The van der Waals surface area contributed by atoms with Gasteiger partial charge >= 0.3 is 0 Å². The monoisotopic (exact) mass is 1380 g/mol. The smallest absolute Gasteiger partial charge is 0.220 e. The van der Waals surface area contributed by atoms with Gasteiger partial charge in [-0.25, -0.2) is 0 Å². The van der Waals surface area contributed by atoms with E-state index in [0.29, 0.717) is 12.8 Å². The zero-order valence-electron chi connectivity index (χ0n) is 60.6. The lowest BCUT2D eigenvalue weighted by Gasteiger charge is -2.48. The van der Waals surface area contributed by atoms with Crippen LogP contribution in [0.4, 0.5) is 0 Å². The fourth-order valence-electron chi connectivity index (χ4n) is 13.2. The second-order valence-corrected chi connectivity index (χ2v) is 28.2. The Hall–Kier alpha value is -2.25. The minimum Gasteiger partial charge on any atom is -0.394 e. The van der Waals surface area contributed by atoms with Gasteiger partial charge in [-0.05, 0) is 70.6 Å². The van der Waals surface area contributed by atoms with Crippen molar-refractivity contribution in [3.63, 3.8) is 0 Å². The summed E-state index contributed by atoms with van der Waals surface area (Å²) in [5.41, 5.74) is 0. The van der Waals surface area contributed by atoms with E-state index >= 15 is 0 Å². The number of hydrogen-bond acceptors (Lipinski definition) is 18. The molecule has 568 valence electrons. The molecule has 0 spiro atoms. The van der Waals surface area contributed by atoms with Crippen LogP contribution in [0.1, 0.15) is 309 Å². The third kappa shape index (κ3) is 39.8. The summed E-state index contributed by atoms with van der Waals surface area (Å²) in [6.07, 6.45) is 47.2. The van der Waals surface area contributed by atoms with Crippen molar-refractivity contribution in [2.24, 2.45) is 0 Å². The summed E-state index contributed by atoms with van der Waals surface area (Å²) in [4.78, 5) is 13.4. The van der Waals surface area contributed by atoms with Crippen LogP contribution in [0.25, 0.3) is 0 Å². The number of ether oxygens (including phenoxy) is 6. The van der Waals surface area contributed by atoms with Crippen LogP contribution in [0.3, 0.4) is 0 Å². The molecule has 19 heteroatoms. The maximum Gasteiger partial charge on any atom is 0.220 e. The first-order valence-electron chi connectivity index (χ1n) is 39.4. The summed E-state index contributed by atoms with van der Waals surface area (Å²) in [6.45, 7) is 1.69. The molecule has 3 rings (SSSR count). The van der Waals surface area contributed by atoms with Crippen LogP contribution in [0.5, 0.6) is 0 Å². The van der Waals surface area contributed by atoms with Crippen molar-refractivity contribution in [1.82, 2.24) is 5.32 Å². The van der Waals surface area contributed by atoms with Crippen LogP contribution in [0, 0.1) is 0 Å². The highest BCUT2D eigenvalue weighted by molar-refractivity contribution is 5.76. The molecule has 0 aliphatic carbocycles. The highest BCUT2D eigenvalue weighted by Crippen LogP contribution is 2.33. The third-order valence-corrected chi connectivity index (χ3v) is 19.6. The second kappa shape index (κ2) is 59.2. The highest BCUT2D eigenvalue weighted by Gasteiger charge is 2.53. The Bertz CT molecular complexity index is 1940. The highest BCUT2D eigenvalue weighted by atomic mass is 16.8. The Morgan fingerprint density at radius 1 is 0.361 bits per heavy atom. The maximum absolute atomic E-state index is 13.4. The predicted molar refractivity (Wildman–Crippen MR) is 383 cm³/mol. The SMILES string of the molecule is CCCCC/C=C/CC/C=C/CC/C=C/C(O)C(COC1OC(CO)C(OC2OC(CO)C(OC3OC(CO)C(O)C(O)C3O)C(O)C2O)C(O)C1O)NC(=O)CCCCCCCCCCCCCCCCCCCCCCCCCCCCC/C=C\CCCCCCCCCC. The molecule has 97 heavy (non-hydrogen) atoms. The zero-order valence-corrected chi connectivity index (χ0v) is 60.6. The van der Waals surface area contributed by atoms with Crippen LogP contribution in [-0.2, 0) is 33.2 Å². The Labute approximate surface area is 586 Å². The van der Waals surface area contributed by atoms with Gasteiger partial charge in [0.1, 0.15) is 73.2 Å². The number of aliphatic hydroxyl groups is 11. The van der Waals surface area contributed by atoms with Gasteiger partial charge in [-0.2, -0.15) is 0 Å². The molecule has 19 nitrogen and oxygen atoms in total. The molecule has 1 amide bonds. The Morgan fingerprint density at radius 2 is 0.660 bits per heavy atom. The average Bonchev–Trinajstić information content (AvgIpc) is 0.792. The van der Waals surface area contributed by atoms with E-state index in [0.717, 1.165) is 44.9 Å². The molecule has 0 saturated carbocycles. The van der Waals surface area contributed by atoms with Crippen LogP contribution in [0.15, 0.2) is 48.6 Å². The second-order valence-electron chi connectivity index (χ2n) is 28.2. The van der Waals surface area contributed by atoms with Crippen molar-refractivity contribution < 1.29 is 89.4 Å². The largest absolute Gasteiger partial charge is 0.394 e. The van der Waals surface area contributed by atoms with E-state index in [1.54, 1.807) is 6.08 Å². The zero-order chi connectivity index (χ0) is 70.4. The van der Waals surface area contributed by atoms with Crippen molar-refractivity contribution in [3.05, 3.63) is 48.6 Å². The molecule has 0 aromatic carbocycles. The summed E-state index contributed by atoms with van der Waals surface area (Å²) in [6, 6.07) is -0.995. The quantitative estimate of drug-likeness (QED) is 0.0199. The normalized spacial score (nSPS) is 27.1. The molecule has 3 fully saturated rings. The van der Waals surface area contributed by atoms with E-state index in [-0.39, 0.29) is 18.9 Å². The van der Waals surface area contributed by atoms with E-state index in [1.165, 1.54) is 231 Å². The molecule has 0 radical (unpaired) electrons. The lowest BCUT2D eigenvalue weighted by atomic mass is 9.96. The standard InChI is InChI=1S/C78H143NO18/c1-3-5-7-9-11-13-15-17-18-19-20-21-22-23-24-25-26-27-28-29-30-31-32-33-34-35-36-37-38-39-40-41-42-44-46-48-50-52-54-56-66(84)79-61(62(83)55-53-51-49-47-45-43-16-14-12-10-8-6-4-2)60-92-76-72(90)69(87)74(64(58-81)94-76)97-78-73(91)70(88)75(65(59-82)95-78)96-77-71(89)68(86)67(85)63(57-80)93-77/h12,14,19-20,45,47,53,55,61-65,67-78,80-83,85-91H,3-11,13,15-18,21-44,46,48-52,54,56-60H2,1-2H3,(H,79,84)/b14-12+,20-19-,47-45+,55-53+. The lowest BCUT2D eigenvalue weighted by molar-refractivity contribution is -0.379. The topological polar surface area (TPSA) is 307 Å². The first kappa shape index (κ1) is 89.0. The Balaban J connectivity index is 1.28. The molecule has 12 N–H and O–H groups in total. The lowest BCUT2D eigenvalue weighted by Crippen LogP contribution is -2.66. The van der Waals surface area contributed by atoms with Crippen molar-refractivity contribution in [1.29, 1.82) is 0 Å². The fraction of sp³-hybridized carbons (Fsp3) is 0.885.